The molecule has 5 aromatic rings. The first-order chi connectivity index (χ1) is 17.0. The van der Waals surface area contributed by atoms with Crippen LogP contribution in [0, 0.1) is 17.5 Å². The van der Waals surface area contributed by atoms with Crippen LogP contribution in [0.5, 0.6) is 0 Å². The zero-order valence-electron chi connectivity index (χ0n) is 18.5. The Balaban J connectivity index is 1.60. The molecule has 0 amide bonds. The fourth-order valence-corrected chi connectivity index (χ4v) is 3.91. The van der Waals surface area contributed by atoms with Crippen LogP contribution in [0.4, 0.5) is 19.1 Å². The number of anilines is 1. The molecule has 6 nitrogen and oxygen atoms in total. The smallest absolute Gasteiger partial charge is 0.225 e. The zero-order chi connectivity index (χ0) is 24.4. The number of rotatable bonds is 7. The molecule has 0 atom stereocenters. The number of hydrogen-bond acceptors (Lipinski definition) is 5. The summed E-state index contributed by atoms with van der Waals surface area (Å²) in [6, 6.07) is 17.7. The van der Waals surface area contributed by atoms with Crippen molar-refractivity contribution in [1.82, 2.24) is 19.5 Å². The lowest BCUT2D eigenvalue weighted by Crippen LogP contribution is -2.08. The summed E-state index contributed by atoms with van der Waals surface area (Å²) in [6.45, 7) is 0.774. The van der Waals surface area contributed by atoms with E-state index < -0.39 is 11.6 Å². The number of nitrogens with two attached hydrogens (primary N) is 1. The van der Waals surface area contributed by atoms with Gasteiger partial charge in [-0.15, -0.1) is 0 Å². The van der Waals surface area contributed by atoms with Crippen LogP contribution in [0.25, 0.3) is 22.6 Å². The molecular weight excluding hydrogens is 453 g/mol. The SMILES string of the molecule is NCc1cccc(Cn2c(-c3c(F)cccc3F)nc3cnc(NCc4ccccc4F)nc32)c1. The topological polar surface area (TPSA) is 81.7 Å². The van der Waals surface area contributed by atoms with E-state index in [9.17, 15) is 13.2 Å². The highest BCUT2D eigenvalue weighted by Crippen LogP contribution is 2.29. The molecular formula is C26H21F3N6. The minimum atomic E-state index is -0.733. The first-order valence-electron chi connectivity index (χ1n) is 11.0. The number of fused-ring (bicyclic) bond motifs is 1. The maximum absolute atomic E-state index is 14.7. The van der Waals surface area contributed by atoms with Crippen molar-refractivity contribution >= 4 is 17.1 Å². The lowest BCUT2D eigenvalue weighted by molar-refractivity contribution is 0.585. The number of nitrogens with one attached hydrogen (secondary N) is 1. The van der Waals surface area contributed by atoms with Crippen LogP contribution in [0.3, 0.4) is 0 Å². The Morgan fingerprint density at radius 2 is 1.54 bits per heavy atom. The van der Waals surface area contributed by atoms with Crippen molar-refractivity contribution in [3.63, 3.8) is 0 Å². The average Bonchev–Trinajstić information content (AvgIpc) is 3.20. The largest absolute Gasteiger partial charge is 0.350 e. The summed E-state index contributed by atoms with van der Waals surface area (Å²) in [5.74, 6) is -1.48. The summed E-state index contributed by atoms with van der Waals surface area (Å²) in [4.78, 5) is 13.3. The lowest BCUT2D eigenvalue weighted by Gasteiger charge is -2.12. The second-order valence-corrected chi connectivity index (χ2v) is 7.99. The van der Waals surface area contributed by atoms with Crippen LogP contribution in [0.2, 0.25) is 0 Å². The first-order valence-corrected chi connectivity index (χ1v) is 11.0. The minimum Gasteiger partial charge on any atom is -0.350 e. The zero-order valence-corrected chi connectivity index (χ0v) is 18.5. The average molecular weight is 474 g/mol. The number of benzene rings is 3. The number of hydrogen-bond donors (Lipinski definition) is 2. The van der Waals surface area contributed by atoms with E-state index in [-0.39, 0.29) is 36.2 Å². The molecule has 3 N–H and O–H groups in total. The molecule has 0 bridgehead atoms. The molecule has 0 aliphatic carbocycles. The van der Waals surface area contributed by atoms with E-state index in [0.29, 0.717) is 23.3 Å². The van der Waals surface area contributed by atoms with Gasteiger partial charge in [0.05, 0.1) is 18.3 Å². The first kappa shape index (κ1) is 22.5. The minimum absolute atomic E-state index is 0.0919. The molecule has 35 heavy (non-hydrogen) atoms. The molecule has 2 aromatic heterocycles. The molecule has 0 radical (unpaired) electrons. The maximum atomic E-state index is 14.7. The molecule has 9 heteroatoms. The van der Waals surface area contributed by atoms with E-state index in [1.165, 1.54) is 30.5 Å². The van der Waals surface area contributed by atoms with Crippen LogP contribution in [-0.4, -0.2) is 19.5 Å². The van der Waals surface area contributed by atoms with Gasteiger partial charge in [-0.3, -0.25) is 0 Å². The molecule has 176 valence electrons. The Kier molecular flexibility index (Phi) is 6.15. The van der Waals surface area contributed by atoms with Crippen molar-refractivity contribution in [2.24, 2.45) is 5.73 Å². The van der Waals surface area contributed by atoms with Gasteiger partial charge in [-0.2, -0.15) is 4.98 Å². The normalized spacial score (nSPS) is 11.2. The summed E-state index contributed by atoms with van der Waals surface area (Å²) >= 11 is 0. The van der Waals surface area contributed by atoms with Crippen LogP contribution in [0.1, 0.15) is 16.7 Å². The summed E-state index contributed by atoms with van der Waals surface area (Å²) in [5, 5.41) is 3.01. The molecule has 0 spiro atoms. The molecule has 0 saturated heterocycles. The van der Waals surface area contributed by atoms with Gasteiger partial charge in [0.15, 0.2) is 5.65 Å². The van der Waals surface area contributed by atoms with Gasteiger partial charge in [-0.1, -0.05) is 48.5 Å². The predicted molar refractivity (Wildman–Crippen MR) is 128 cm³/mol. The highest BCUT2D eigenvalue weighted by atomic mass is 19.1. The van der Waals surface area contributed by atoms with E-state index in [1.54, 1.807) is 22.8 Å². The van der Waals surface area contributed by atoms with E-state index in [0.717, 1.165) is 11.1 Å². The van der Waals surface area contributed by atoms with Gasteiger partial charge >= 0.3 is 0 Å². The monoisotopic (exact) mass is 474 g/mol. The third-order valence-electron chi connectivity index (χ3n) is 5.64. The van der Waals surface area contributed by atoms with E-state index in [1.807, 2.05) is 24.3 Å². The summed E-state index contributed by atoms with van der Waals surface area (Å²) in [7, 11) is 0. The Labute approximate surface area is 199 Å². The van der Waals surface area contributed by atoms with Crippen molar-refractivity contribution in [3.05, 3.63) is 107 Å². The summed E-state index contributed by atoms with van der Waals surface area (Å²) < 4.78 is 45.1. The standard InChI is InChI=1S/C26H21F3N6/c27-19-8-2-1-7-18(19)13-31-26-32-14-22-24(34-26)35(15-17-6-3-5-16(11-17)12-30)25(33-22)23-20(28)9-4-10-21(23)29/h1-11,14H,12-13,15,30H2,(H,31,32,34). The fourth-order valence-electron chi connectivity index (χ4n) is 3.91. The van der Waals surface area contributed by atoms with Crippen molar-refractivity contribution in [3.8, 4) is 11.4 Å². The van der Waals surface area contributed by atoms with Crippen molar-refractivity contribution < 1.29 is 13.2 Å². The molecule has 0 aliphatic heterocycles. The lowest BCUT2D eigenvalue weighted by atomic mass is 10.1. The third kappa shape index (κ3) is 4.58. The van der Waals surface area contributed by atoms with E-state index in [2.05, 4.69) is 20.3 Å². The third-order valence-corrected chi connectivity index (χ3v) is 5.64. The van der Waals surface area contributed by atoms with Gasteiger partial charge in [0.2, 0.25) is 5.95 Å². The number of nitrogens with zero attached hydrogens (tertiary/aromatic N) is 4. The van der Waals surface area contributed by atoms with Gasteiger partial charge in [-0.25, -0.2) is 23.1 Å². The Bertz CT molecular complexity index is 1490. The molecule has 0 saturated carbocycles. The Hall–Kier alpha value is -4.24. The van der Waals surface area contributed by atoms with Crippen LogP contribution >= 0.6 is 0 Å². The second kappa shape index (κ2) is 9.55. The van der Waals surface area contributed by atoms with Crippen molar-refractivity contribution in [2.75, 3.05) is 5.32 Å². The second-order valence-electron chi connectivity index (χ2n) is 7.99. The van der Waals surface area contributed by atoms with Crippen molar-refractivity contribution in [2.45, 2.75) is 19.6 Å². The molecule has 0 unspecified atom stereocenters. The number of halogens is 3. The highest BCUT2D eigenvalue weighted by Gasteiger charge is 2.21. The predicted octanol–water partition coefficient (Wildman–Crippen LogP) is 5.03. The summed E-state index contributed by atoms with van der Waals surface area (Å²) in [5.41, 5.74) is 8.53. The summed E-state index contributed by atoms with van der Waals surface area (Å²) in [6.07, 6.45) is 1.47. The van der Waals surface area contributed by atoms with E-state index in [4.69, 9.17) is 5.73 Å². The Morgan fingerprint density at radius 3 is 2.31 bits per heavy atom. The molecule has 0 fully saturated rings. The maximum Gasteiger partial charge on any atom is 0.225 e. The molecule has 5 rings (SSSR count). The van der Waals surface area contributed by atoms with Crippen LogP contribution in [0.15, 0.2) is 72.9 Å². The Morgan fingerprint density at radius 1 is 0.829 bits per heavy atom. The van der Waals surface area contributed by atoms with E-state index >= 15 is 0 Å². The van der Waals surface area contributed by atoms with Crippen LogP contribution < -0.4 is 11.1 Å². The van der Waals surface area contributed by atoms with Gasteiger partial charge in [0, 0.05) is 18.7 Å². The van der Waals surface area contributed by atoms with Gasteiger partial charge in [-0.05, 0) is 29.3 Å². The van der Waals surface area contributed by atoms with Gasteiger partial charge < -0.3 is 15.6 Å². The molecule has 3 aromatic carbocycles. The van der Waals surface area contributed by atoms with Gasteiger partial charge in [0.25, 0.3) is 0 Å². The quantitative estimate of drug-likeness (QED) is 0.346. The number of imidazole rings is 1. The molecule has 2 heterocycles. The van der Waals surface area contributed by atoms with Crippen molar-refractivity contribution in [1.29, 1.82) is 0 Å². The molecule has 0 aliphatic rings. The van der Waals surface area contributed by atoms with Gasteiger partial charge in [0.1, 0.15) is 28.8 Å². The number of aromatic nitrogens is 4. The fraction of sp³-hybridized carbons (Fsp3) is 0.115. The van der Waals surface area contributed by atoms with Crippen LogP contribution in [-0.2, 0) is 19.6 Å². The highest BCUT2D eigenvalue weighted by molar-refractivity contribution is 5.78.